The fourth-order valence-corrected chi connectivity index (χ4v) is 2.15. The molecule has 0 aliphatic rings. The standard InChI is InChI=1S/C16H21N3O2/c1-4-21-16(20)13(3)18-12(2)14-5-7-15(8-6-14)19-10-9-17-11-19/h5-13,18H,4H2,1-3H3. The van der Waals surface area contributed by atoms with Gasteiger partial charge >= 0.3 is 5.97 Å². The van der Waals surface area contributed by atoms with Gasteiger partial charge in [-0.2, -0.15) is 0 Å². The van der Waals surface area contributed by atoms with E-state index in [0.717, 1.165) is 11.3 Å². The number of hydrogen-bond donors (Lipinski definition) is 1. The highest BCUT2D eigenvalue weighted by Crippen LogP contribution is 2.16. The minimum Gasteiger partial charge on any atom is -0.465 e. The van der Waals surface area contributed by atoms with E-state index in [1.165, 1.54) is 0 Å². The predicted octanol–water partition coefficient (Wildman–Crippen LogP) is 2.47. The molecule has 0 aliphatic heterocycles. The van der Waals surface area contributed by atoms with Crippen LogP contribution in [-0.4, -0.2) is 28.2 Å². The quantitative estimate of drug-likeness (QED) is 0.829. The van der Waals surface area contributed by atoms with Gasteiger partial charge in [0.25, 0.3) is 0 Å². The van der Waals surface area contributed by atoms with Crippen molar-refractivity contribution < 1.29 is 9.53 Å². The van der Waals surface area contributed by atoms with Crippen LogP contribution in [0.1, 0.15) is 32.4 Å². The fourth-order valence-electron chi connectivity index (χ4n) is 2.15. The molecule has 0 amide bonds. The molecule has 0 bridgehead atoms. The summed E-state index contributed by atoms with van der Waals surface area (Å²) in [6.45, 7) is 6.05. The number of ether oxygens (including phenoxy) is 1. The number of rotatable bonds is 6. The maximum absolute atomic E-state index is 11.6. The summed E-state index contributed by atoms with van der Waals surface area (Å²) in [6.07, 6.45) is 5.41. The number of carbonyl (C=O) groups excluding carboxylic acids is 1. The van der Waals surface area contributed by atoms with Crippen LogP contribution in [0.4, 0.5) is 0 Å². The van der Waals surface area contributed by atoms with E-state index >= 15 is 0 Å². The summed E-state index contributed by atoms with van der Waals surface area (Å²) in [5.41, 5.74) is 2.18. The van der Waals surface area contributed by atoms with Crippen molar-refractivity contribution in [1.29, 1.82) is 0 Å². The molecule has 0 saturated carbocycles. The van der Waals surface area contributed by atoms with Crippen molar-refractivity contribution in [2.45, 2.75) is 32.9 Å². The maximum Gasteiger partial charge on any atom is 0.322 e. The van der Waals surface area contributed by atoms with Gasteiger partial charge in [-0.1, -0.05) is 12.1 Å². The minimum atomic E-state index is -0.326. The van der Waals surface area contributed by atoms with Crippen LogP contribution in [0.2, 0.25) is 0 Å². The summed E-state index contributed by atoms with van der Waals surface area (Å²) in [5.74, 6) is -0.223. The van der Waals surface area contributed by atoms with E-state index < -0.39 is 0 Å². The number of nitrogens with zero attached hydrogens (tertiary/aromatic N) is 2. The zero-order valence-electron chi connectivity index (χ0n) is 12.6. The first-order valence-electron chi connectivity index (χ1n) is 7.12. The van der Waals surface area contributed by atoms with Crippen LogP contribution < -0.4 is 5.32 Å². The number of benzene rings is 1. The van der Waals surface area contributed by atoms with E-state index in [-0.39, 0.29) is 18.1 Å². The Morgan fingerprint density at radius 3 is 2.62 bits per heavy atom. The van der Waals surface area contributed by atoms with E-state index in [1.54, 1.807) is 12.5 Å². The van der Waals surface area contributed by atoms with Crippen LogP contribution in [0.3, 0.4) is 0 Å². The van der Waals surface area contributed by atoms with Crippen LogP contribution in [0.25, 0.3) is 5.69 Å². The molecule has 2 atom stereocenters. The lowest BCUT2D eigenvalue weighted by molar-refractivity contribution is -0.145. The van der Waals surface area contributed by atoms with Crippen molar-refractivity contribution >= 4 is 5.97 Å². The van der Waals surface area contributed by atoms with Gasteiger partial charge in [-0.15, -0.1) is 0 Å². The molecule has 2 aromatic rings. The second-order valence-electron chi connectivity index (χ2n) is 4.92. The SMILES string of the molecule is CCOC(=O)C(C)NC(C)c1ccc(-n2ccnc2)cc1. The van der Waals surface area contributed by atoms with E-state index in [9.17, 15) is 4.79 Å². The van der Waals surface area contributed by atoms with E-state index in [1.807, 2.05) is 55.8 Å². The highest BCUT2D eigenvalue weighted by atomic mass is 16.5. The molecule has 5 heteroatoms. The molecule has 0 spiro atoms. The molecular weight excluding hydrogens is 266 g/mol. The highest BCUT2D eigenvalue weighted by molar-refractivity contribution is 5.75. The molecule has 1 aromatic heterocycles. The Morgan fingerprint density at radius 1 is 1.33 bits per heavy atom. The lowest BCUT2D eigenvalue weighted by Crippen LogP contribution is -2.37. The second-order valence-corrected chi connectivity index (χ2v) is 4.92. The van der Waals surface area contributed by atoms with Gasteiger partial charge in [0.2, 0.25) is 0 Å². The van der Waals surface area contributed by atoms with Gasteiger partial charge in [0.1, 0.15) is 6.04 Å². The smallest absolute Gasteiger partial charge is 0.322 e. The Balaban J connectivity index is 2.00. The summed E-state index contributed by atoms with van der Waals surface area (Å²) in [5, 5.41) is 3.24. The van der Waals surface area contributed by atoms with Crippen molar-refractivity contribution in [1.82, 2.24) is 14.9 Å². The molecule has 0 fully saturated rings. The first-order valence-corrected chi connectivity index (χ1v) is 7.12. The van der Waals surface area contributed by atoms with Crippen LogP contribution >= 0.6 is 0 Å². The summed E-state index contributed by atoms with van der Waals surface area (Å²) in [7, 11) is 0. The number of esters is 1. The maximum atomic E-state index is 11.6. The van der Waals surface area contributed by atoms with Crippen LogP contribution in [0, 0.1) is 0 Å². The Morgan fingerprint density at radius 2 is 2.05 bits per heavy atom. The second kappa shape index (κ2) is 7.04. The van der Waals surface area contributed by atoms with Crippen molar-refractivity contribution in [3.63, 3.8) is 0 Å². The van der Waals surface area contributed by atoms with Crippen molar-refractivity contribution in [2.24, 2.45) is 0 Å². The number of nitrogens with one attached hydrogen (secondary N) is 1. The Kier molecular flexibility index (Phi) is 5.11. The first-order chi connectivity index (χ1) is 10.1. The number of carbonyl (C=O) groups is 1. The topological polar surface area (TPSA) is 56.1 Å². The summed E-state index contributed by atoms with van der Waals surface area (Å²) in [4.78, 5) is 15.7. The van der Waals surface area contributed by atoms with E-state index in [0.29, 0.717) is 6.61 Å². The van der Waals surface area contributed by atoms with Gasteiger partial charge in [-0.05, 0) is 38.5 Å². The monoisotopic (exact) mass is 287 g/mol. The summed E-state index contributed by atoms with van der Waals surface area (Å²) < 4.78 is 6.94. The highest BCUT2D eigenvalue weighted by Gasteiger charge is 2.17. The van der Waals surface area contributed by atoms with Crippen LogP contribution in [0.15, 0.2) is 43.0 Å². The molecule has 2 unspecified atom stereocenters. The summed E-state index contributed by atoms with van der Waals surface area (Å²) in [6, 6.07) is 7.90. The lowest BCUT2D eigenvalue weighted by Gasteiger charge is -2.19. The molecule has 5 nitrogen and oxygen atoms in total. The van der Waals surface area contributed by atoms with Gasteiger partial charge in [0.05, 0.1) is 12.9 Å². The van der Waals surface area contributed by atoms with Gasteiger partial charge in [0.15, 0.2) is 0 Å². The van der Waals surface area contributed by atoms with E-state index in [2.05, 4.69) is 10.3 Å². The third-order valence-corrected chi connectivity index (χ3v) is 3.34. The number of aromatic nitrogens is 2. The number of hydrogen-bond acceptors (Lipinski definition) is 4. The van der Waals surface area contributed by atoms with Crippen molar-refractivity contribution in [3.05, 3.63) is 48.5 Å². The molecule has 1 heterocycles. The van der Waals surface area contributed by atoms with E-state index in [4.69, 9.17) is 4.74 Å². The Labute approximate surface area is 125 Å². The summed E-state index contributed by atoms with van der Waals surface area (Å²) >= 11 is 0. The molecule has 112 valence electrons. The van der Waals surface area contributed by atoms with Gasteiger partial charge < -0.3 is 9.30 Å². The molecule has 0 saturated heterocycles. The molecule has 21 heavy (non-hydrogen) atoms. The third kappa shape index (κ3) is 3.92. The lowest BCUT2D eigenvalue weighted by atomic mass is 10.1. The first kappa shape index (κ1) is 15.3. The largest absolute Gasteiger partial charge is 0.465 e. The molecule has 2 rings (SSSR count). The Hall–Kier alpha value is -2.14. The average molecular weight is 287 g/mol. The van der Waals surface area contributed by atoms with Gasteiger partial charge in [-0.3, -0.25) is 10.1 Å². The number of imidazole rings is 1. The normalized spacial score (nSPS) is 13.7. The van der Waals surface area contributed by atoms with Crippen molar-refractivity contribution in [2.75, 3.05) is 6.61 Å². The van der Waals surface area contributed by atoms with Crippen LogP contribution in [-0.2, 0) is 9.53 Å². The minimum absolute atomic E-state index is 0.0706. The zero-order chi connectivity index (χ0) is 15.2. The molecule has 1 N–H and O–H groups in total. The van der Waals surface area contributed by atoms with Crippen LogP contribution in [0.5, 0.6) is 0 Å². The molecule has 1 aromatic carbocycles. The molecule has 0 aliphatic carbocycles. The van der Waals surface area contributed by atoms with Crippen molar-refractivity contribution in [3.8, 4) is 5.69 Å². The zero-order valence-corrected chi connectivity index (χ0v) is 12.6. The predicted molar refractivity (Wildman–Crippen MR) is 81.2 cm³/mol. The third-order valence-electron chi connectivity index (χ3n) is 3.34. The van der Waals surface area contributed by atoms with Gasteiger partial charge in [0, 0.05) is 24.1 Å². The molecule has 0 radical (unpaired) electrons. The Bertz CT molecular complexity index is 564. The fraction of sp³-hybridized carbons (Fsp3) is 0.375. The van der Waals surface area contributed by atoms with Gasteiger partial charge in [-0.25, -0.2) is 4.98 Å². The molecular formula is C16H21N3O2. The average Bonchev–Trinajstić information content (AvgIpc) is 3.01.